The fraction of sp³-hybridized carbons (Fsp3) is 0.571. The van der Waals surface area contributed by atoms with Crippen molar-refractivity contribution in [2.24, 2.45) is 0 Å². The van der Waals surface area contributed by atoms with E-state index >= 15 is 0 Å². The molecule has 0 unspecified atom stereocenters. The lowest BCUT2D eigenvalue weighted by Crippen LogP contribution is -2.45. The Kier molecular flexibility index (Phi) is 10.1. The lowest BCUT2D eigenvalue weighted by Gasteiger charge is -2.35. The van der Waals surface area contributed by atoms with Gasteiger partial charge >= 0.3 is 0 Å². The summed E-state index contributed by atoms with van der Waals surface area (Å²) >= 11 is 3.57. The molecule has 1 N–H and O–H groups in total. The summed E-state index contributed by atoms with van der Waals surface area (Å²) in [4.78, 5) is 2.61. The number of benzene rings is 1. The first kappa shape index (κ1) is 19.2. The van der Waals surface area contributed by atoms with Crippen LogP contribution in [-0.4, -0.2) is 31.1 Å². The Labute approximate surface area is 137 Å². The number of nitrogens with zero attached hydrogens (tertiary/aromatic N) is 1. The Balaban J connectivity index is 0.00000162. The van der Waals surface area contributed by atoms with Crippen LogP contribution >= 0.6 is 40.7 Å². The van der Waals surface area contributed by atoms with E-state index in [1.807, 2.05) is 0 Å². The summed E-state index contributed by atoms with van der Waals surface area (Å²) in [5.41, 5.74) is 1.45. The highest BCUT2D eigenvalue weighted by atomic mass is 79.9. The zero-order chi connectivity index (χ0) is 12.1. The number of hydrogen-bond acceptors (Lipinski definition) is 2. The maximum atomic E-state index is 3.57. The molecule has 1 atom stereocenters. The summed E-state index contributed by atoms with van der Waals surface area (Å²) in [6.45, 7) is 6.84. The minimum Gasteiger partial charge on any atom is -0.314 e. The summed E-state index contributed by atoms with van der Waals surface area (Å²) in [6, 6.07) is 9.35. The average molecular weight is 370 g/mol. The van der Waals surface area contributed by atoms with E-state index in [9.17, 15) is 0 Å². The zero-order valence-electron chi connectivity index (χ0n) is 11.3. The second-order valence-corrected chi connectivity index (χ2v) is 5.56. The molecule has 0 aromatic heterocycles. The van der Waals surface area contributed by atoms with Crippen molar-refractivity contribution in [2.45, 2.75) is 25.8 Å². The molecule has 110 valence electrons. The van der Waals surface area contributed by atoms with Gasteiger partial charge in [-0.1, -0.05) is 41.4 Å². The molecule has 1 aromatic rings. The molecule has 0 saturated carbocycles. The molecule has 19 heavy (non-hydrogen) atoms. The first-order chi connectivity index (χ1) is 8.31. The van der Waals surface area contributed by atoms with E-state index in [2.05, 4.69) is 57.3 Å². The van der Waals surface area contributed by atoms with E-state index in [4.69, 9.17) is 0 Å². The van der Waals surface area contributed by atoms with Crippen LogP contribution in [0.2, 0.25) is 0 Å². The van der Waals surface area contributed by atoms with Crippen LogP contribution < -0.4 is 5.32 Å². The van der Waals surface area contributed by atoms with Gasteiger partial charge in [0.15, 0.2) is 0 Å². The number of nitrogens with one attached hydrogen (secondary N) is 1. The van der Waals surface area contributed by atoms with Crippen LogP contribution in [0, 0.1) is 0 Å². The summed E-state index contributed by atoms with van der Waals surface area (Å²) in [5.74, 6) is 0. The molecule has 0 amide bonds. The van der Waals surface area contributed by atoms with Crippen molar-refractivity contribution >= 4 is 40.7 Å². The van der Waals surface area contributed by atoms with Gasteiger partial charge in [0.1, 0.15) is 0 Å². The van der Waals surface area contributed by atoms with Crippen LogP contribution in [-0.2, 0) is 0 Å². The predicted octanol–water partition coefficient (Wildman–Crippen LogP) is 4.04. The molecule has 1 aliphatic rings. The van der Waals surface area contributed by atoms with E-state index in [1.165, 1.54) is 22.9 Å². The zero-order valence-corrected chi connectivity index (χ0v) is 14.5. The Morgan fingerprint density at radius 2 is 1.95 bits per heavy atom. The lowest BCUT2D eigenvalue weighted by molar-refractivity contribution is 0.164. The number of hydrogen-bond donors (Lipinski definition) is 1. The molecule has 0 spiro atoms. The summed E-state index contributed by atoms with van der Waals surface area (Å²) < 4.78 is 1.19. The molecule has 5 heteroatoms. The van der Waals surface area contributed by atoms with E-state index in [0.29, 0.717) is 6.04 Å². The number of piperazine rings is 1. The predicted molar refractivity (Wildman–Crippen MR) is 90.7 cm³/mol. The van der Waals surface area contributed by atoms with Crippen LogP contribution in [0.25, 0.3) is 0 Å². The monoisotopic (exact) mass is 368 g/mol. The van der Waals surface area contributed by atoms with Gasteiger partial charge in [0, 0.05) is 36.7 Å². The smallest absolute Gasteiger partial charge is 0.0349 e. The van der Waals surface area contributed by atoms with E-state index in [0.717, 1.165) is 26.2 Å². The second-order valence-electron chi connectivity index (χ2n) is 4.65. The van der Waals surface area contributed by atoms with Crippen LogP contribution in [0.4, 0.5) is 0 Å². The van der Waals surface area contributed by atoms with E-state index in [1.54, 1.807) is 0 Å². The maximum absolute atomic E-state index is 3.57. The van der Waals surface area contributed by atoms with Crippen LogP contribution in [0.3, 0.4) is 0 Å². The van der Waals surface area contributed by atoms with Gasteiger partial charge in [-0.05, 0) is 24.1 Å². The molecule has 1 heterocycles. The molecule has 1 saturated heterocycles. The standard InChI is InChI=1S/C14H21BrN2.2ClH/c1-2-4-14(17-9-7-16-8-10-17)12-5-3-6-13(15)11-12;;/h3,5-6,11,14,16H,2,4,7-10H2,1H3;2*1H/t14-;;/m0../s1. The largest absolute Gasteiger partial charge is 0.314 e. The molecule has 2 rings (SSSR count). The van der Waals surface area contributed by atoms with Gasteiger partial charge < -0.3 is 5.32 Å². The van der Waals surface area contributed by atoms with Crippen LogP contribution in [0.15, 0.2) is 28.7 Å². The minimum atomic E-state index is 0. The van der Waals surface area contributed by atoms with Gasteiger partial charge in [0.25, 0.3) is 0 Å². The fourth-order valence-electron chi connectivity index (χ4n) is 2.54. The third kappa shape index (κ3) is 5.60. The molecule has 1 aliphatic heterocycles. The number of halogens is 3. The molecule has 0 aliphatic carbocycles. The van der Waals surface area contributed by atoms with Crippen LogP contribution in [0.1, 0.15) is 31.4 Å². The third-order valence-electron chi connectivity index (χ3n) is 3.39. The topological polar surface area (TPSA) is 15.3 Å². The quantitative estimate of drug-likeness (QED) is 0.861. The van der Waals surface area contributed by atoms with Gasteiger partial charge in [0.05, 0.1) is 0 Å². The average Bonchev–Trinajstić information content (AvgIpc) is 2.37. The molecule has 2 nitrogen and oxygen atoms in total. The van der Waals surface area contributed by atoms with Crippen molar-refractivity contribution in [3.63, 3.8) is 0 Å². The first-order valence-corrected chi connectivity index (χ1v) is 7.31. The number of rotatable bonds is 4. The second kappa shape index (κ2) is 10.0. The summed E-state index contributed by atoms with van der Waals surface area (Å²) in [5, 5.41) is 3.42. The molecular formula is C14H23BrCl2N2. The van der Waals surface area contributed by atoms with Crippen molar-refractivity contribution < 1.29 is 0 Å². The van der Waals surface area contributed by atoms with Crippen molar-refractivity contribution in [3.05, 3.63) is 34.3 Å². The minimum absolute atomic E-state index is 0. The Morgan fingerprint density at radius 1 is 1.26 bits per heavy atom. The van der Waals surface area contributed by atoms with E-state index in [-0.39, 0.29) is 24.8 Å². The molecule has 0 radical (unpaired) electrons. The van der Waals surface area contributed by atoms with Crippen molar-refractivity contribution in [1.29, 1.82) is 0 Å². The Hall–Kier alpha value is 0.200. The highest BCUT2D eigenvalue weighted by molar-refractivity contribution is 9.10. The summed E-state index contributed by atoms with van der Waals surface area (Å²) in [6.07, 6.45) is 2.48. The van der Waals surface area contributed by atoms with Crippen molar-refractivity contribution in [2.75, 3.05) is 26.2 Å². The Morgan fingerprint density at radius 3 is 2.53 bits per heavy atom. The van der Waals surface area contributed by atoms with Gasteiger partial charge in [-0.25, -0.2) is 0 Å². The van der Waals surface area contributed by atoms with Gasteiger partial charge in [-0.15, -0.1) is 24.8 Å². The molecule has 1 aromatic carbocycles. The molecule has 1 fully saturated rings. The fourth-order valence-corrected chi connectivity index (χ4v) is 2.96. The normalized spacial score (nSPS) is 17.2. The van der Waals surface area contributed by atoms with E-state index < -0.39 is 0 Å². The molecular weight excluding hydrogens is 347 g/mol. The lowest BCUT2D eigenvalue weighted by atomic mass is 10.00. The van der Waals surface area contributed by atoms with Crippen LogP contribution in [0.5, 0.6) is 0 Å². The Bertz CT molecular complexity index is 357. The third-order valence-corrected chi connectivity index (χ3v) is 3.88. The van der Waals surface area contributed by atoms with Gasteiger partial charge in [0.2, 0.25) is 0 Å². The summed E-state index contributed by atoms with van der Waals surface area (Å²) in [7, 11) is 0. The van der Waals surface area contributed by atoms with Gasteiger partial charge in [-0.2, -0.15) is 0 Å². The van der Waals surface area contributed by atoms with Gasteiger partial charge in [-0.3, -0.25) is 4.90 Å². The first-order valence-electron chi connectivity index (χ1n) is 6.51. The maximum Gasteiger partial charge on any atom is 0.0349 e. The highest BCUT2D eigenvalue weighted by Crippen LogP contribution is 2.27. The van der Waals surface area contributed by atoms with Crippen molar-refractivity contribution in [3.8, 4) is 0 Å². The highest BCUT2D eigenvalue weighted by Gasteiger charge is 2.21. The van der Waals surface area contributed by atoms with Crippen molar-refractivity contribution in [1.82, 2.24) is 10.2 Å². The molecule has 0 bridgehead atoms. The SMILES string of the molecule is CCC[C@@H](c1cccc(Br)c1)N1CCNCC1.Cl.Cl.